The van der Waals surface area contributed by atoms with Gasteiger partial charge >= 0.3 is 0 Å². The average Bonchev–Trinajstić information content (AvgIpc) is 2.74. The van der Waals surface area contributed by atoms with E-state index in [1.54, 1.807) is 7.11 Å². The molecule has 2 saturated heterocycles. The van der Waals surface area contributed by atoms with Crippen molar-refractivity contribution < 1.29 is 9.47 Å². The van der Waals surface area contributed by atoms with Crippen LogP contribution in [-0.4, -0.2) is 69.6 Å². The van der Waals surface area contributed by atoms with Crippen LogP contribution in [0.3, 0.4) is 0 Å². The Morgan fingerprint density at radius 3 is 2.11 bits per heavy atom. The van der Waals surface area contributed by atoms with Crippen molar-refractivity contribution in [2.75, 3.05) is 74.3 Å². The van der Waals surface area contributed by atoms with Crippen LogP contribution in [0.5, 0.6) is 5.75 Å². The van der Waals surface area contributed by atoms with E-state index >= 15 is 0 Å². The Morgan fingerprint density at radius 2 is 1.44 bits per heavy atom. The van der Waals surface area contributed by atoms with E-state index in [1.165, 1.54) is 0 Å². The van der Waals surface area contributed by atoms with Crippen molar-refractivity contribution in [2.45, 2.75) is 6.92 Å². The first-order valence-electron chi connectivity index (χ1n) is 9.56. The Balaban J connectivity index is 1.47. The van der Waals surface area contributed by atoms with E-state index < -0.39 is 0 Å². The highest BCUT2D eigenvalue weighted by molar-refractivity contribution is 5.60. The second-order valence-electron chi connectivity index (χ2n) is 6.88. The summed E-state index contributed by atoms with van der Waals surface area (Å²) < 4.78 is 11.0. The van der Waals surface area contributed by atoms with Crippen molar-refractivity contribution in [1.82, 2.24) is 9.97 Å². The van der Waals surface area contributed by atoms with Gasteiger partial charge in [0, 0.05) is 45.3 Å². The minimum absolute atomic E-state index is 0.760. The van der Waals surface area contributed by atoms with Crippen LogP contribution < -0.4 is 19.4 Å². The van der Waals surface area contributed by atoms with Gasteiger partial charge in [-0.15, -0.1) is 0 Å². The van der Waals surface area contributed by atoms with Gasteiger partial charge in [-0.3, -0.25) is 0 Å². The number of methoxy groups -OCH3 is 1. The van der Waals surface area contributed by atoms with Crippen LogP contribution in [0, 0.1) is 6.92 Å². The van der Waals surface area contributed by atoms with Gasteiger partial charge in [-0.25, -0.2) is 9.97 Å². The number of benzene rings is 1. The Hall–Kier alpha value is -2.54. The minimum Gasteiger partial charge on any atom is -0.495 e. The van der Waals surface area contributed by atoms with Crippen molar-refractivity contribution in [3.05, 3.63) is 36.2 Å². The first-order valence-corrected chi connectivity index (χ1v) is 9.56. The third kappa shape index (κ3) is 3.93. The van der Waals surface area contributed by atoms with Crippen LogP contribution in [0.1, 0.15) is 5.82 Å². The molecule has 2 aliphatic heterocycles. The van der Waals surface area contributed by atoms with Crippen molar-refractivity contribution in [1.29, 1.82) is 0 Å². The lowest BCUT2D eigenvalue weighted by Crippen LogP contribution is -2.47. The molecule has 0 atom stereocenters. The highest BCUT2D eigenvalue weighted by atomic mass is 16.5. The van der Waals surface area contributed by atoms with Gasteiger partial charge in [0.2, 0.25) is 0 Å². The molecule has 0 bridgehead atoms. The molecular weight excluding hydrogens is 342 g/mol. The molecule has 0 unspecified atom stereocenters. The molecule has 0 saturated carbocycles. The molecule has 0 amide bonds. The summed E-state index contributed by atoms with van der Waals surface area (Å²) in [6, 6.07) is 10.3. The van der Waals surface area contributed by atoms with Crippen molar-refractivity contribution >= 4 is 17.3 Å². The fourth-order valence-corrected chi connectivity index (χ4v) is 3.72. The second-order valence-corrected chi connectivity index (χ2v) is 6.88. The molecule has 2 fully saturated rings. The van der Waals surface area contributed by atoms with Crippen LogP contribution in [-0.2, 0) is 4.74 Å². The van der Waals surface area contributed by atoms with Crippen LogP contribution in [0.25, 0.3) is 0 Å². The number of aromatic nitrogens is 2. The maximum absolute atomic E-state index is 5.52. The molecule has 2 aromatic rings. The minimum atomic E-state index is 0.760. The lowest BCUT2D eigenvalue weighted by Gasteiger charge is -2.37. The number of anilines is 3. The quantitative estimate of drug-likeness (QED) is 0.816. The predicted molar refractivity (Wildman–Crippen MR) is 107 cm³/mol. The van der Waals surface area contributed by atoms with Gasteiger partial charge in [-0.2, -0.15) is 0 Å². The number of morpholine rings is 1. The first-order chi connectivity index (χ1) is 13.2. The van der Waals surface area contributed by atoms with E-state index in [9.17, 15) is 0 Å². The van der Waals surface area contributed by atoms with Gasteiger partial charge in [0.15, 0.2) is 0 Å². The number of aryl methyl sites for hydroxylation is 1. The Labute approximate surface area is 160 Å². The summed E-state index contributed by atoms with van der Waals surface area (Å²) in [4.78, 5) is 16.4. The fraction of sp³-hybridized carbons (Fsp3) is 0.500. The summed E-state index contributed by atoms with van der Waals surface area (Å²) in [6.45, 7) is 9.00. The Morgan fingerprint density at radius 1 is 0.852 bits per heavy atom. The molecular formula is C20H27N5O2. The van der Waals surface area contributed by atoms with Gasteiger partial charge < -0.3 is 24.2 Å². The van der Waals surface area contributed by atoms with Crippen LogP contribution in [0.15, 0.2) is 30.3 Å². The summed E-state index contributed by atoms with van der Waals surface area (Å²) in [5.41, 5.74) is 1.16. The normalized spacial score (nSPS) is 17.9. The molecule has 3 heterocycles. The molecule has 7 heteroatoms. The zero-order valence-corrected chi connectivity index (χ0v) is 16.1. The Kier molecular flexibility index (Phi) is 5.29. The highest BCUT2D eigenvalue weighted by Crippen LogP contribution is 2.29. The molecule has 7 nitrogen and oxygen atoms in total. The summed E-state index contributed by atoms with van der Waals surface area (Å²) in [6.07, 6.45) is 0. The molecule has 1 aromatic carbocycles. The van der Waals surface area contributed by atoms with E-state index in [0.29, 0.717) is 0 Å². The van der Waals surface area contributed by atoms with Crippen molar-refractivity contribution in [3.8, 4) is 5.75 Å². The van der Waals surface area contributed by atoms with E-state index in [1.807, 2.05) is 19.1 Å². The van der Waals surface area contributed by atoms with Gasteiger partial charge in [0.05, 0.1) is 26.0 Å². The number of nitrogens with zero attached hydrogens (tertiary/aromatic N) is 5. The third-order valence-electron chi connectivity index (χ3n) is 5.18. The standard InChI is InChI=1S/C20H27N5O2/c1-16-21-19(15-20(22-16)25-11-13-27-14-12-25)24-9-7-23(8-10-24)17-5-3-4-6-18(17)26-2/h3-6,15H,7-14H2,1-2H3. The lowest BCUT2D eigenvalue weighted by molar-refractivity contribution is 0.122. The topological polar surface area (TPSA) is 54.0 Å². The monoisotopic (exact) mass is 369 g/mol. The van der Waals surface area contributed by atoms with Crippen LogP contribution >= 0.6 is 0 Å². The molecule has 0 spiro atoms. The van der Waals surface area contributed by atoms with Crippen molar-refractivity contribution in [2.24, 2.45) is 0 Å². The summed E-state index contributed by atoms with van der Waals surface area (Å²) >= 11 is 0. The van der Waals surface area contributed by atoms with Crippen LogP contribution in [0.4, 0.5) is 17.3 Å². The van der Waals surface area contributed by atoms with E-state index in [2.05, 4.69) is 37.9 Å². The fourth-order valence-electron chi connectivity index (χ4n) is 3.72. The maximum atomic E-state index is 5.52. The summed E-state index contributed by atoms with van der Waals surface area (Å²) in [5, 5.41) is 0. The highest BCUT2D eigenvalue weighted by Gasteiger charge is 2.22. The molecule has 0 radical (unpaired) electrons. The SMILES string of the molecule is COc1ccccc1N1CCN(c2cc(N3CCOCC3)nc(C)n2)CC1. The lowest BCUT2D eigenvalue weighted by atomic mass is 10.2. The second kappa shape index (κ2) is 8.00. The largest absolute Gasteiger partial charge is 0.495 e. The van der Waals surface area contributed by atoms with Crippen molar-refractivity contribution in [3.63, 3.8) is 0 Å². The van der Waals surface area contributed by atoms with Gasteiger partial charge in [-0.1, -0.05) is 12.1 Å². The molecule has 0 N–H and O–H groups in total. The number of piperazine rings is 1. The number of rotatable bonds is 4. The Bertz CT molecular complexity index is 771. The first kappa shape index (κ1) is 17.9. The van der Waals surface area contributed by atoms with Gasteiger partial charge in [-0.05, 0) is 19.1 Å². The zero-order valence-electron chi connectivity index (χ0n) is 16.1. The molecule has 4 rings (SSSR count). The average molecular weight is 369 g/mol. The third-order valence-corrected chi connectivity index (χ3v) is 5.18. The smallest absolute Gasteiger partial charge is 0.142 e. The molecule has 27 heavy (non-hydrogen) atoms. The molecule has 0 aliphatic carbocycles. The van der Waals surface area contributed by atoms with Gasteiger partial charge in [0.25, 0.3) is 0 Å². The molecule has 2 aliphatic rings. The number of hydrogen-bond donors (Lipinski definition) is 0. The van der Waals surface area contributed by atoms with Crippen LogP contribution in [0.2, 0.25) is 0 Å². The predicted octanol–water partition coefficient (Wildman–Crippen LogP) is 1.96. The molecule has 144 valence electrons. The van der Waals surface area contributed by atoms with E-state index in [0.717, 1.165) is 81.4 Å². The van der Waals surface area contributed by atoms with Gasteiger partial charge in [0.1, 0.15) is 23.2 Å². The number of hydrogen-bond acceptors (Lipinski definition) is 7. The summed E-state index contributed by atoms with van der Waals surface area (Å²) in [7, 11) is 1.73. The zero-order chi connectivity index (χ0) is 18.6. The van der Waals surface area contributed by atoms with E-state index in [4.69, 9.17) is 14.5 Å². The number of ether oxygens (including phenoxy) is 2. The molecule has 1 aromatic heterocycles. The number of para-hydroxylation sites is 2. The maximum Gasteiger partial charge on any atom is 0.142 e. The van der Waals surface area contributed by atoms with E-state index in [-0.39, 0.29) is 0 Å². The summed E-state index contributed by atoms with van der Waals surface area (Å²) in [5.74, 6) is 3.77.